The third-order valence-corrected chi connectivity index (χ3v) is 3.23. The molecule has 0 radical (unpaired) electrons. The number of nitrogens with zero attached hydrogens (tertiary/aromatic N) is 1. The van der Waals surface area contributed by atoms with Gasteiger partial charge in [-0.2, -0.15) is 0 Å². The highest BCUT2D eigenvalue weighted by atomic mass is 32.2. The molecule has 0 aliphatic carbocycles. The van der Waals surface area contributed by atoms with Gasteiger partial charge in [0.15, 0.2) is 0 Å². The van der Waals surface area contributed by atoms with Gasteiger partial charge in [-0.25, -0.2) is 0 Å². The van der Waals surface area contributed by atoms with E-state index in [9.17, 15) is 10.1 Å². The zero-order valence-electron chi connectivity index (χ0n) is 8.92. The van der Waals surface area contributed by atoms with Crippen LogP contribution in [0, 0.1) is 10.1 Å². The number of anilines is 1. The number of nitrogens with two attached hydrogens (primary N) is 1. The van der Waals surface area contributed by atoms with E-state index in [0.29, 0.717) is 6.42 Å². The molecule has 0 heterocycles. The van der Waals surface area contributed by atoms with Gasteiger partial charge >= 0.3 is 0 Å². The van der Waals surface area contributed by atoms with E-state index in [1.165, 1.54) is 6.07 Å². The summed E-state index contributed by atoms with van der Waals surface area (Å²) in [5, 5.41) is 19.6. The largest absolute Gasteiger partial charge is 0.396 e. The van der Waals surface area contributed by atoms with Crippen LogP contribution in [0.3, 0.4) is 0 Å². The first kappa shape index (κ1) is 12.8. The van der Waals surface area contributed by atoms with Gasteiger partial charge in [0, 0.05) is 22.8 Å². The normalized spacial score (nSPS) is 12.4. The lowest BCUT2D eigenvalue weighted by Gasteiger charge is -2.09. The Balaban J connectivity index is 2.77. The molecule has 0 aliphatic heterocycles. The van der Waals surface area contributed by atoms with Gasteiger partial charge in [0.25, 0.3) is 5.69 Å². The summed E-state index contributed by atoms with van der Waals surface area (Å²) in [6.07, 6.45) is 0.682. The minimum atomic E-state index is -0.499. The van der Waals surface area contributed by atoms with Gasteiger partial charge in [0.05, 0.1) is 4.92 Å². The summed E-state index contributed by atoms with van der Waals surface area (Å²) in [7, 11) is 0. The fraction of sp³-hybridized carbons (Fsp3) is 0.400. The quantitative estimate of drug-likeness (QED) is 0.357. The van der Waals surface area contributed by atoms with E-state index in [-0.39, 0.29) is 23.2 Å². The Morgan fingerprint density at radius 2 is 2.31 bits per heavy atom. The van der Waals surface area contributed by atoms with Crippen LogP contribution in [0.2, 0.25) is 0 Å². The molecule has 1 rings (SSSR count). The van der Waals surface area contributed by atoms with E-state index in [4.69, 9.17) is 10.8 Å². The number of aliphatic hydroxyl groups excluding tert-OH is 1. The van der Waals surface area contributed by atoms with Gasteiger partial charge in [0.1, 0.15) is 5.69 Å². The SMILES string of the molecule is CC(CCO)Sc1ccc([N+](=O)[O-])c(N)c1. The predicted octanol–water partition coefficient (Wildman–Crippen LogP) is 2.04. The Hall–Kier alpha value is -1.27. The zero-order valence-corrected chi connectivity index (χ0v) is 9.74. The summed E-state index contributed by atoms with van der Waals surface area (Å²) in [5.74, 6) is 0. The van der Waals surface area contributed by atoms with Crippen molar-refractivity contribution in [3.63, 3.8) is 0 Å². The maximum absolute atomic E-state index is 10.5. The zero-order chi connectivity index (χ0) is 12.1. The highest BCUT2D eigenvalue weighted by molar-refractivity contribution is 7.99. The molecular formula is C10H14N2O3S. The van der Waals surface area contributed by atoms with Crippen molar-refractivity contribution in [1.29, 1.82) is 0 Å². The monoisotopic (exact) mass is 242 g/mol. The Labute approximate surface area is 97.8 Å². The number of benzene rings is 1. The summed E-state index contributed by atoms with van der Waals surface area (Å²) < 4.78 is 0. The average molecular weight is 242 g/mol. The molecule has 0 bridgehead atoms. The minimum Gasteiger partial charge on any atom is -0.396 e. The average Bonchev–Trinajstić information content (AvgIpc) is 2.17. The molecule has 0 aliphatic rings. The van der Waals surface area contributed by atoms with Crippen LogP contribution in [0.5, 0.6) is 0 Å². The number of nitro groups is 1. The molecule has 1 aromatic carbocycles. The fourth-order valence-electron chi connectivity index (χ4n) is 1.25. The lowest BCUT2D eigenvalue weighted by atomic mass is 10.3. The molecule has 0 saturated carbocycles. The van der Waals surface area contributed by atoms with Crippen LogP contribution in [0.4, 0.5) is 11.4 Å². The number of nitrogen functional groups attached to an aromatic ring is 1. The highest BCUT2D eigenvalue weighted by Crippen LogP contribution is 2.30. The minimum absolute atomic E-state index is 0.0702. The third-order valence-electron chi connectivity index (χ3n) is 2.07. The molecule has 0 aromatic heterocycles. The standard InChI is InChI=1S/C10H14N2O3S/c1-7(4-5-13)16-8-2-3-10(12(14)15)9(11)6-8/h2-3,6-7,13H,4-5,11H2,1H3. The smallest absolute Gasteiger partial charge is 0.292 e. The van der Waals surface area contributed by atoms with E-state index < -0.39 is 4.92 Å². The molecule has 5 nitrogen and oxygen atoms in total. The van der Waals surface area contributed by atoms with Crippen molar-refractivity contribution in [1.82, 2.24) is 0 Å². The van der Waals surface area contributed by atoms with E-state index in [1.807, 2.05) is 6.92 Å². The Bertz CT molecular complexity index is 384. The Morgan fingerprint density at radius 3 is 2.81 bits per heavy atom. The first-order valence-corrected chi connectivity index (χ1v) is 5.74. The molecular weight excluding hydrogens is 228 g/mol. The summed E-state index contributed by atoms with van der Waals surface area (Å²) in [4.78, 5) is 10.9. The first-order valence-electron chi connectivity index (χ1n) is 4.86. The summed E-state index contributed by atoms with van der Waals surface area (Å²) >= 11 is 1.54. The molecule has 1 unspecified atom stereocenters. The highest BCUT2D eigenvalue weighted by Gasteiger charge is 2.12. The molecule has 0 amide bonds. The second-order valence-corrected chi connectivity index (χ2v) is 4.93. The summed E-state index contributed by atoms with van der Waals surface area (Å²) in [5.41, 5.74) is 5.67. The summed E-state index contributed by atoms with van der Waals surface area (Å²) in [6.45, 7) is 2.12. The number of rotatable bonds is 5. The predicted molar refractivity (Wildman–Crippen MR) is 64.5 cm³/mol. The van der Waals surface area contributed by atoms with Crippen molar-refractivity contribution < 1.29 is 10.0 Å². The van der Waals surface area contributed by atoms with Crippen molar-refractivity contribution in [3.8, 4) is 0 Å². The molecule has 0 spiro atoms. The van der Waals surface area contributed by atoms with Gasteiger partial charge in [-0.15, -0.1) is 11.8 Å². The fourth-order valence-corrected chi connectivity index (χ4v) is 2.27. The first-order chi connectivity index (χ1) is 7.54. The lowest BCUT2D eigenvalue weighted by molar-refractivity contribution is -0.383. The van der Waals surface area contributed by atoms with Gasteiger partial charge < -0.3 is 10.8 Å². The van der Waals surface area contributed by atoms with E-state index in [2.05, 4.69) is 0 Å². The van der Waals surface area contributed by atoms with Crippen LogP contribution in [-0.2, 0) is 0 Å². The van der Waals surface area contributed by atoms with E-state index >= 15 is 0 Å². The Kier molecular flexibility index (Phi) is 4.57. The van der Waals surface area contributed by atoms with Gasteiger partial charge in [-0.3, -0.25) is 10.1 Å². The molecule has 0 fully saturated rings. The van der Waals surface area contributed by atoms with Gasteiger partial charge in [-0.05, 0) is 18.6 Å². The molecule has 16 heavy (non-hydrogen) atoms. The number of thioether (sulfide) groups is 1. The van der Waals surface area contributed by atoms with Crippen molar-refractivity contribution in [2.45, 2.75) is 23.5 Å². The number of nitro benzene ring substituents is 1. The van der Waals surface area contributed by atoms with E-state index in [1.54, 1.807) is 23.9 Å². The van der Waals surface area contributed by atoms with Gasteiger partial charge in [0.2, 0.25) is 0 Å². The van der Waals surface area contributed by atoms with Crippen LogP contribution >= 0.6 is 11.8 Å². The lowest BCUT2D eigenvalue weighted by Crippen LogP contribution is -2.00. The van der Waals surface area contributed by atoms with Crippen molar-refractivity contribution >= 4 is 23.1 Å². The van der Waals surface area contributed by atoms with Crippen molar-refractivity contribution in [3.05, 3.63) is 28.3 Å². The van der Waals surface area contributed by atoms with Crippen LogP contribution in [0.15, 0.2) is 23.1 Å². The molecule has 88 valence electrons. The second-order valence-electron chi connectivity index (χ2n) is 3.42. The van der Waals surface area contributed by atoms with Crippen LogP contribution in [0.1, 0.15) is 13.3 Å². The summed E-state index contributed by atoms with van der Waals surface area (Å²) in [6, 6.07) is 4.67. The van der Waals surface area contributed by atoms with Crippen LogP contribution in [-0.4, -0.2) is 21.9 Å². The second kappa shape index (κ2) is 5.72. The van der Waals surface area contributed by atoms with Crippen LogP contribution in [0.25, 0.3) is 0 Å². The maximum atomic E-state index is 10.5. The van der Waals surface area contributed by atoms with E-state index in [0.717, 1.165) is 4.90 Å². The number of hydrogen-bond acceptors (Lipinski definition) is 5. The molecule has 1 aromatic rings. The molecule has 6 heteroatoms. The Morgan fingerprint density at radius 1 is 1.62 bits per heavy atom. The maximum Gasteiger partial charge on any atom is 0.292 e. The van der Waals surface area contributed by atoms with Crippen molar-refractivity contribution in [2.24, 2.45) is 0 Å². The molecule has 1 atom stereocenters. The number of aliphatic hydroxyl groups is 1. The third kappa shape index (κ3) is 3.39. The van der Waals surface area contributed by atoms with Crippen LogP contribution < -0.4 is 5.73 Å². The van der Waals surface area contributed by atoms with Gasteiger partial charge in [-0.1, -0.05) is 6.92 Å². The number of hydrogen-bond donors (Lipinski definition) is 2. The topological polar surface area (TPSA) is 89.4 Å². The van der Waals surface area contributed by atoms with Crippen molar-refractivity contribution in [2.75, 3.05) is 12.3 Å². The molecule has 0 saturated heterocycles. The molecule has 3 N–H and O–H groups in total.